The number of primary amides is 1. The van der Waals surface area contributed by atoms with E-state index in [1.807, 2.05) is 12.1 Å². The molecule has 0 bridgehead atoms. The van der Waals surface area contributed by atoms with E-state index in [0.717, 1.165) is 44.2 Å². The topological polar surface area (TPSA) is 137 Å². The second-order valence-corrected chi connectivity index (χ2v) is 9.41. The maximum Gasteiger partial charge on any atom is 0.252 e. The summed E-state index contributed by atoms with van der Waals surface area (Å²) in [6, 6.07) is 7.93. The molecule has 0 aromatic carbocycles. The Bertz CT molecular complexity index is 1080. The van der Waals surface area contributed by atoms with Crippen LogP contribution in [0.2, 0.25) is 0 Å². The molecule has 2 aliphatic carbocycles. The quantitative estimate of drug-likeness (QED) is 0.549. The number of hydrogen-bond acceptors (Lipinski definition) is 7. The van der Waals surface area contributed by atoms with Crippen LogP contribution in [0.1, 0.15) is 68.3 Å². The van der Waals surface area contributed by atoms with Gasteiger partial charge in [-0.2, -0.15) is 5.26 Å². The van der Waals surface area contributed by atoms with Gasteiger partial charge in [0.25, 0.3) is 5.91 Å². The summed E-state index contributed by atoms with van der Waals surface area (Å²) in [6.45, 7) is 4.18. The third-order valence-corrected chi connectivity index (χ3v) is 6.52. The van der Waals surface area contributed by atoms with Crippen LogP contribution in [0.4, 0.5) is 17.3 Å². The van der Waals surface area contributed by atoms with Crippen molar-refractivity contribution in [1.29, 1.82) is 5.26 Å². The summed E-state index contributed by atoms with van der Waals surface area (Å²) >= 11 is 0. The van der Waals surface area contributed by atoms with Gasteiger partial charge in [0, 0.05) is 42.5 Å². The zero-order chi connectivity index (χ0) is 24.2. The first-order valence-corrected chi connectivity index (χ1v) is 11.9. The largest absolute Gasteiger partial charge is 0.365 e. The summed E-state index contributed by atoms with van der Waals surface area (Å²) < 4.78 is 0. The minimum Gasteiger partial charge on any atom is -0.365 e. The van der Waals surface area contributed by atoms with Crippen LogP contribution in [0.15, 0.2) is 30.6 Å². The minimum atomic E-state index is -0.534. The number of hydrogen-bond donors (Lipinski definition) is 3. The molecule has 178 valence electrons. The number of nitriles is 1. The average molecular weight is 462 g/mol. The first kappa shape index (κ1) is 23.5. The molecule has 2 fully saturated rings. The van der Waals surface area contributed by atoms with E-state index < -0.39 is 5.91 Å². The lowest BCUT2D eigenvalue weighted by atomic mass is 9.84. The Labute approximate surface area is 199 Å². The molecule has 0 spiro atoms. The Kier molecular flexibility index (Phi) is 6.96. The summed E-state index contributed by atoms with van der Waals surface area (Å²) in [5.41, 5.74) is 7.26. The van der Waals surface area contributed by atoms with Crippen LogP contribution >= 0.6 is 0 Å². The molecule has 2 aromatic rings. The maximum absolute atomic E-state index is 12.5. The molecule has 0 saturated heterocycles. The first-order chi connectivity index (χ1) is 16.4. The lowest BCUT2D eigenvalue weighted by molar-refractivity contribution is -0.126. The fraction of sp³-hybridized carbons (Fsp3) is 0.480. The van der Waals surface area contributed by atoms with Gasteiger partial charge in [0.15, 0.2) is 0 Å². The van der Waals surface area contributed by atoms with E-state index >= 15 is 0 Å². The molecule has 0 atom stereocenters. The molecule has 9 heteroatoms. The number of nitrogens with zero attached hydrogens (tertiary/aromatic N) is 4. The van der Waals surface area contributed by atoms with Crippen molar-refractivity contribution in [1.82, 2.24) is 15.3 Å². The van der Waals surface area contributed by atoms with Crippen molar-refractivity contribution in [2.75, 3.05) is 10.2 Å². The molecular formula is C25H31N7O2. The van der Waals surface area contributed by atoms with Gasteiger partial charge in [0.2, 0.25) is 5.91 Å². The van der Waals surface area contributed by atoms with E-state index in [9.17, 15) is 9.59 Å². The van der Waals surface area contributed by atoms with E-state index in [-0.39, 0.29) is 23.9 Å². The molecule has 0 radical (unpaired) electrons. The fourth-order valence-corrected chi connectivity index (χ4v) is 4.64. The zero-order valence-corrected chi connectivity index (χ0v) is 19.6. The van der Waals surface area contributed by atoms with Gasteiger partial charge >= 0.3 is 0 Å². The molecule has 2 amide bonds. The highest BCUT2D eigenvalue weighted by molar-refractivity contribution is 5.99. The third-order valence-electron chi connectivity index (χ3n) is 6.52. The smallest absolute Gasteiger partial charge is 0.252 e. The number of nitrogens with one attached hydrogen (secondary N) is 2. The van der Waals surface area contributed by atoms with E-state index in [0.29, 0.717) is 28.8 Å². The molecular weight excluding hydrogens is 430 g/mol. The van der Waals surface area contributed by atoms with Crippen LogP contribution in [0.5, 0.6) is 0 Å². The van der Waals surface area contributed by atoms with E-state index in [4.69, 9.17) is 11.0 Å². The van der Waals surface area contributed by atoms with E-state index in [2.05, 4.69) is 39.3 Å². The van der Waals surface area contributed by atoms with Gasteiger partial charge in [-0.3, -0.25) is 9.59 Å². The number of pyridine rings is 2. The number of rotatable bonds is 8. The summed E-state index contributed by atoms with van der Waals surface area (Å²) in [5, 5.41) is 15.2. The predicted molar refractivity (Wildman–Crippen MR) is 130 cm³/mol. The monoisotopic (exact) mass is 461 g/mol. The maximum atomic E-state index is 12.5. The predicted octanol–water partition coefficient (Wildman–Crippen LogP) is 3.24. The van der Waals surface area contributed by atoms with Gasteiger partial charge in [-0.15, -0.1) is 0 Å². The van der Waals surface area contributed by atoms with E-state index in [1.165, 1.54) is 12.4 Å². The second-order valence-electron chi connectivity index (χ2n) is 9.41. The molecule has 2 saturated carbocycles. The molecule has 9 nitrogen and oxygen atoms in total. The Morgan fingerprint density at radius 1 is 1.09 bits per heavy atom. The molecule has 0 aliphatic heterocycles. The number of carbonyl (C=O) groups is 2. The lowest BCUT2D eigenvalue weighted by Crippen LogP contribution is -2.45. The van der Waals surface area contributed by atoms with E-state index in [1.54, 1.807) is 12.1 Å². The number of aromatic nitrogens is 2. The van der Waals surface area contributed by atoms with Crippen LogP contribution in [0, 0.1) is 17.2 Å². The Morgan fingerprint density at radius 3 is 2.35 bits per heavy atom. The summed E-state index contributed by atoms with van der Waals surface area (Å²) in [6.07, 6.45) is 8.53. The molecule has 2 heterocycles. The highest BCUT2D eigenvalue weighted by atomic mass is 16.2. The van der Waals surface area contributed by atoms with Gasteiger partial charge in [-0.1, -0.05) is 0 Å². The van der Waals surface area contributed by atoms with Crippen molar-refractivity contribution < 1.29 is 9.59 Å². The first-order valence-electron chi connectivity index (χ1n) is 11.9. The number of carbonyl (C=O) groups excluding carboxylic acids is 2. The standard InChI is InChI=1S/C25H31N7O2/c1-15(2)32(19-8-4-17(5-9-19)25(34)30-18-6-7-18)21-11-23(29-14-20(21)24(27)33)31-22-10-3-16(12-26)13-28-22/h3,10-11,13-15,17-19H,4-9H2,1-2H3,(H2,27,33)(H,30,34)(H,28,29,31). The van der Waals surface area contributed by atoms with Crippen LogP contribution in [-0.2, 0) is 4.79 Å². The van der Waals surface area contributed by atoms with Crippen LogP contribution in [-0.4, -0.2) is 39.9 Å². The second kappa shape index (κ2) is 10.1. The molecule has 0 unspecified atom stereocenters. The van der Waals surface area contributed by atoms with Crippen molar-refractivity contribution in [3.63, 3.8) is 0 Å². The lowest BCUT2D eigenvalue weighted by Gasteiger charge is -2.41. The summed E-state index contributed by atoms with van der Waals surface area (Å²) in [5.74, 6) is 0.774. The van der Waals surface area contributed by atoms with Crippen molar-refractivity contribution in [3.05, 3.63) is 41.7 Å². The van der Waals surface area contributed by atoms with Crippen LogP contribution < -0.4 is 21.3 Å². The number of amides is 2. The third kappa shape index (κ3) is 5.45. The zero-order valence-electron chi connectivity index (χ0n) is 19.6. The van der Waals surface area contributed by atoms with Crippen molar-refractivity contribution in [2.45, 2.75) is 70.5 Å². The summed E-state index contributed by atoms with van der Waals surface area (Å²) in [4.78, 5) is 35.6. The number of nitrogens with two attached hydrogens (primary N) is 1. The molecule has 2 aliphatic rings. The van der Waals surface area contributed by atoms with Crippen molar-refractivity contribution >= 4 is 29.1 Å². The van der Waals surface area contributed by atoms with Gasteiger partial charge in [0.05, 0.1) is 16.8 Å². The molecule has 4 rings (SSSR count). The Balaban J connectivity index is 1.54. The SMILES string of the molecule is CC(C)N(c1cc(Nc2ccc(C#N)cn2)ncc1C(N)=O)C1CCC(C(=O)NC2CC2)CC1. The highest BCUT2D eigenvalue weighted by Gasteiger charge is 2.34. The minimum absolute atomic E-state index is 0.0543. The molecule has 34 heavy (non-hydrogen) atoms. The van der Waals surface area contributed by atoms with Crippen LogP contribution in [0.25, 0.3) is 0 Å². The Hall–Kier alpha value is -3.67. The number of anilines is 3. The van der Waals surface area contributed by atoms with Crippen LogP contribution in [0.3, 0.4) is 0 Å². The van der Waals surface area contributed by atoms with Gasteiger partial charge in [-0.25, -0.2) is 9.97 Å². The van der Waals surface area contributed by atoms with Gasteiger partial charge in [-0.05, 0) is 64.5 Å². The van der Waals surface area contributed by atoms with Gasteiger partial charge in [0.1, 0.15) is 17.7 Å². The summed E-state index contributed by atoms with van der Waals surface area (Å²) in [7, 11) is 0. The molecule has 4 N–H and O–H groups in total. The van der Waals surface area contributed by atoms with Crippen molar-refractivity contribution in [3.8, 4) is 6.07 Å². The molecule has 2 aromatic heterocycles. The normalized spacial score (nSPS) is 19.8. The average Bonchev–Trinajstić information content (AvgIpc) is 3.64. The highest BCUT2D eigenvalue weighted by Crippen LogP contribution is 2.35. The Morgan fingerprint density at radius 2 is 1.79 bits per heavy atom. The fourth-order valence-electron chi connectivity index (χ4n) is 4.64. The van der Waals surface area contributed by atoms with Crippen molar-refractivity contribution in [2.24, 2.45) is 11.7 Å². The van der Waals surface area contributed by atoms with Gasteiger partial charge < -0.3 is 21.3 Å².